The highest BCUT2D eigenvalue weighted by Gasteiger charge is 2.44. The zero-order valence-corrected chi connectivity index (χ0v) is 11.4. The molecule has 120 valence electrons. The maximum atomic E-state index is 11.4. The van der Waals surface area contributed by atoms with Crippen molar-refractivity contribution in [2.75, 3.05) is 6.61 Å². The number of phenols is 1. The summed E-state index contributed by atoms with van der Waals surface area (Å²) >= 11 is 0. The molecule has 9 nitrogen and oxygen atoms in total. The van der Waals surface area contributed by atoms with Crippen LogP contribution in [-0.2, 0) is 25.7 Å². The SMILES string of the molecule is O=C(O)CC(NCc1ccc(O)cc1)(OC(=O)CO)C(=O)O. The van der Waals surface area contributed by atoms with Crippen LogP contribution in [0, 0.1) is 0 Å². The van der Waals surface area contributed by atoms with Crippen LogP contribution in [0.25, 0.3) is 0 Å². The Kier molecular flexibility index (Phi) is 5.84. The van der Waals surface area contributed by atoms with E-state index < -0.39 is 36.7 Å². The van der Waals surface area contributed by atoms with Crippen molar-refractivity contribution in [1.82, 2.24) is 5.32 Å². The Hall–Kier alpha value is -2.65. The predicted octanol–water partition coefficient (Wildman–Crippen LogP) is -0.727. The Labute approximate surface area is 124 Å². The van der Waals surface area contributed by atoms with Crippen molar-refractivity contribution in [3.63, 3.8) is 0 Å². The first kappa shape index (κ1) is 17.4. The van der Waals surface area contributed by atoms with Crippen LogP contribution in [0.2, 0.25) is 0 Å². The third kappa shape index (κ3) is 4.72. The van der Waals surface area contributed by atoms with Crippen LogP contribution in [0.5, 0.6) is 5.75 Å². The summed E-state index contributed by atoms with van der Waals surface area (Å²) in [7, 11) is 0. The second-order valence-corrected chi connectivity index (χ2v) is 4.35. The van der Waals surface area contributed by atoms with E-state index in [4.69, 9.17) is 15.3 Å². The van der Waals surface area contributed by atoms with E-state index in [1.807, 2.05) is 0 Å². The molecule has 0 radical (unpaired) electrons. The van der Waals surface area contributed by atoms with Gasteiger partial charge in [0.15, 0.2) is 0 Å². The Morgan fingerprint density at radius 2 is 1.73 bits per heavy atom. The number of carbonyl (C=O) groups is 3. The number of esters is 1. The molecule has 0 heterocycles. The standard InChI is InChI=1S/C13H15NO8/c15-7-11(19)22-13(12(20)21,5-10(17)18)14-6-8-1-3-9(16)4-2-8/h1-4,14-16H,5-7H2,(H,17,18)(H,20,21). The molecule has 0 bridgehead atoms. The molecule has 0 fully saturated rings. The van der Waals surface area contributed by atoms with E-state index in [0.717, 1.165) is 0 Å². The van der Waals surface area contributed by atoms with E-state index in [1.165, 1.54) is 24.3 Å². The predicted molar refractivity (Wildman–Crippen MR) is 70.7 cm³/mol. The second-order valence-electron chi connectivity index (χ2n) is 4.35. The lowest BCUT2D eigenvalue weighted by Gasteiger charge is -2.28. The summed E-state index contributed by atoms with van der Waals surface area (Å²) in [5.74, 6) is -4.49. The zero-order chi connectivity index (χ0) is 16.8. The number of carboxylic acids is 2. The minimum absolute atomic E-state index is 0.00509. The number of phenolic OH excluding ortho intramolecular Hbond substituents is 1. The fourth-order valence-corrected chi connectivity index (χ4v) is 1.63. The van der Waals surface area contributed by atoms with Gasteiger partial charge in [-0.25, -0.2) is 9.59 Å². The summed E-state index contributed by atoms with van der Waals surface area (Å²) < 4.78 is 4.58. The summed E-state index contributed by atoms with van der Waals surface area (Å²) in [6.07, 6.45) is -1.04. The van der Waals surface area contributed by atoms with Crippen molar-refractivity contribution >= 4 is 17.9 Å². The average molecular weight is 313 g/mol. The zero-order valence-electron chi connectivity index (χ0n) is 11.4. The number of hydrogen-bond acceptors (Lipinski definition) is 7. The lowest BCUT2D eigenvalue weighted by molar-refractivity contribution is -0.189. The number of aliphatic hydroxyl groups excluding tert-OH is 1. The lowest BCUT2D eigenvalue weighted by Crippen LogP contribution is -2.56. The van der Waals surface area contributed by atoms with Gasteiger partial charge in [-0.2, -0.15) is 0 Å². The van der Waals surface area contributed by atoms with Crippen molar-refractivity contribution in [3.05, 3.63) is 29.8 Å². The minimum Gasteiger partial charge on any atom is -0.508 e. The number of nitrogens with one attached hydrogen (secondary N) is 1. The molecule has 1 rings (SSSR count). The molecular formula is C13H15NO8. The number of carbonyl (C=O) groups excluding carboxylic acids is 1. The molecule has 0 saturated carbocycles. The van der Waals surface area contributed by atoms with E-state index >= 15 is 0 Å². The molecule has 5 N–H and O–H groups in total. The van der Waals surface area contributed by atoms with E-state index in [0.29, 0.717) is 5.56 Å². The van der Waals surface area contributed by atoms with Crippen LogP contribution in [0.3, 0.4) is 0 Å². The van der Waals surface area contributed by atoms with Gasteiger partial charge in [0.25, 0.3) is 5.72 Å². The third-order valence-electron chi connectivity index (χ3n) is 2.68. The van der Waals surface area contributed by atoms with Crippen LogP contribution in [0.4, 0.5) is 0 Å². The summed E-state index contributed by atoms with van der Waals surface area (Å²) in [4.78, 5) is 33.4. The van der Waals surface area contributed by atoms with Crippen molar-refractivity contribution in [1.29, 1.82) is 0 Å². The summed E-state index contributed by atoms with van der Waals surface area (Å²) in [6.45, 7) is -1.23. The van der Waals surface area contributed by atoms with Gasteiger partial charge < -0.3 is 25.2 Å². The number of carboxylic acid groups (broad SMARTS) is 2. The molecule has 0 aliphatic heterocycles. The fraction of sp³-hybridized carbons (Fsp3) is 0.308. The van der Waals surface area contributed by atoms with Crippen LogP contribution in [0.1, 0.15) is 12.0 Å². The summed E-state index contributed by atoms with van der Waals surface area (Å²) in [6, 6.07) is 5.67. The number of aliphatic hydroxyl groups is 1. The first-order valence-corrected chi connectivity index (χ1v) is 6.10. The Bertz CT molecular complexity index is 556. The van der Waals surface area contributed by atoms with Gasteiger partial charge in [0, 0.05) is 6.54 Å². The van der Waals surface area contributed by atoms with Gasteiger partial charge in [-0.3, -0.25) is 10.1 Å². The highest BCUT2D eigenvalue weighted by Crippen LogP contribution is 2.17. The molecule has 0 aromatic heterocycles. The van der Waals surface area contributed by atoms with Gasteiger partial charge in [0.1, 0.15) is 18.8 Å². The Morgan fingerprint density at radius 3 is 2.18 bits per heavy atom. The molecule has 1 unspecified atom stereocenters. The van der Waals surface area contributed by atoms with Gasteiger partial charge in [0.05, 0.1) is 0 Å². The highest BCUT2D eigenvalue weighted by atomic mass is 16.6. The number of hydrogen-bond donors (Lipinski definition) is 5. The minimum atomic E-state index is -2.51. The van der Waals surface area contributed by atoms with E-state index in [9.17, 15) is 19.5 Å². The molecule has 9 heteroatoms. The number of aromatic hydroxyl groups is 1. The molecule has 0 aliphatic rings. The maximum absolute atomic E-state index is 11.4. The molecule has 0 aliphatic carbocycles. The van der Waals surface area contributed by atoms with E-state index in [1.54, 1.807) is 0 Å². The first-order chi connectivity index (χ1) is 10.3. The van der Waals surface area contributed by atoms with Gasteiger partial charge >= 0.3 is 17.9 Å². The topological polar surface area (TPSA) is 153 Å². The Morgan fingerprint density at radius 1 is 1.14 bits per heavy atom. The molecular weight excluding hydrogens is 298 g/mol. The van der Waals surface area contributed by atoms with Gasteiger partial charge in [-0.15, -0.1) is 0 Å². The number of ether oxygens (including phenoxy) is 1. The van der Waals surface area contributed by atoms with Crippen molar-refractivity contribution < 1.29 is 39.5 Å². The molecule has 22 heavy (non-hydrogen) atoms. The van der Waals surface area contributed by atoms with Crippen molar-refractivity contribution in [3.8, 4) is 5.75 Å². The first-order valence-electron chi connectivity index (χ1n) is 6.10. The van der Waals surface area contributed by atoms with Crippen LogP contribution >= 0.6 is 0 Å². The van der Waals surface area contributed by atoms with E-state index in [-0.39, 0.29) is 12.3 Å². The fourth-order valence-electron chi connectivity index (χ4n) is 1.63. The monoisotopic (exact) mass is 313 g/mol. The van der Waals surface area contributed by atoms with E-state index in [2.05, 4.69) is 10.1 Å². The van der Waals surface area contributed by atoms with Crippen LogP contribution in [0.15, 0.2) is 24.3 Å². The quantitative estimate of drug-likeness (QED) is 0.309. The van der Waals surface area contributed by atoms with Crippen LogP contribution in [-0.4, -0.2) is 50.7 Å². The average Bonchev–Trinajstić information content (AvgIpc) is 2.45. The number of rotatable bonds is 8. The second kappa shape index (κ2) is 7.38. The van der Waals surface area contributed by atoms with Crippen molar-refractivity contribution in [2.45, 2.75) is 18.7 Å². The summed E-state index contributed by atoms with van der Waals surface area (Å²) in [5, 5.41) is 38.2. The molecule has 1 aromatic carbocycles. The maximum Gasteiger partial charge on any atom is 0.364 e. The van der Waals surface area contributed by atoms with Gasteiger partial charge in [-0.1, -0.05) is 12.1 Å². The van der Waals surface area contributed by atoms with Crippen LogP contribution < -0.4 is 5.32 Å². The summed E-state index contributed by atoms with van der Waals surface area (Å²) in [5.41, 5.74) is -1.99. The molecule has 0 amide bonds. The third-order valence-corrected chi connectivity index (χ3v) is 2.68. The Balaban J connectivity index is 2.96. The molecule has 1 aromatic rings. The largest absolute Gasteiger partial charge is 0.508 e. The lowest BCUT2D eigenvalue weighted by atomic mass is 10.1. The van der Waals surface area contributed by atoms with Gasteiger partial charge in [0.2, 0.25) is 0 Å². The molecule has 0 spiro atoms. The molecule has 1 atom stereocenters. The molecule has 0 saturated heterocycles. The number of aliphatic carboxylic acids is 2. The smallest absolute Gasteiger partial charge is 0.364 e. The normalized spacial score (nSPS) is 13.1. The number of benzene rings is 1. The van der Waals surface area contributed by atoms with Gasteiger partial charge in [-0.05, 0) is 17.7 Å². The highest BCUT2D eigenvalue weighted by molar-refractivity contribution is 5.86. The van der Waals surface area contributed by atoms with Crippen molar-refractivity contribution in [2.24, 2.45) is 0 Å².